The molecule has 13 heavy (non-hydrogen) atoms. The average Bonchev–Trinajstić information content (AvgIpc) is 2.19. The molecule has 68 valence electrons. The Morgan fingerprint density at radius 2 is 1.77 bits per heavy atom. The van der Waals surface area contributed by atoms with Gasteiger partial charge in [0, 0.05) is 0 Å². The van der Waals surface area contributed by atoms with Crippen molar-refractivity contribution in [3.8, 4) is 0 Å². The molecule has 0 aliphatic carbocycles. The minimum atomic E-state index is 0. The number of rotatable bonds is 3. The summed E-state index contributed by atoms with van der Waals surface area (Å²) in [4.78, 5) is 0. The molecule has 0 N–H and O–H groups in total. The van der Waals surface area contributed by atoms with Crippen LogP contribution in [0.2, 0.25) is 0 Å². The SMILES string of the molecule is CCCCc1cc[c-]cc1.[CH2-]C.[Mg+2]. The molecule has 1 aromatic rings. The molecule has 1 rings (SSSR count). The fraction of sp³-hybridized carbons (Fsp3) is 0.417. The summed E-state index contributed by atoms with van der Waals surface area (Å²) in [5.41, 5.74) is 1.43. The van der Waals surface area contributed by atoms with Gasteiger partial charge in [-0.05, 0) is 0 Å². The molecule has 0 radical (unpaired) electrons. The molecule has 0 nitrogen and oxygen atoms in total. The molecular weight excluding hydrogens is 168 g/mol. The van der Waals surface area contributed by atoms with E-state index in [1.807, 2.05) is 12.1 Å². The smallest absolute Gasteiger partial charge is 0.346 e. The first-order valence-electron chi connectivity index (χ1n) is 4.59. The van der Waals surface area contributed by atoms with Gasteiger partial charge in [0.1, 0.15) is 0 Å². The van der Waals surface area contributed by atoms with Crippen LogP contribution in [0.5, 0.6) is 0 Å². The quantitative estimate of drug-likeness (QED) is 0.502. The summed E-state index contributed by atoms with van der Waals surface area (Å²) in [5.74, 6) is 0. The van der Waals surface area contributed by atoms with Gasteiger partial charge in [-0.2, -0.15) is 42.8 Å². The summed E-state index contributed by atoms with van der Waals surface area (Å²) < 4.78 is 0. The van der Waals surface area contributed by atoms with E-state index in [9.17, 15) is 0 Å². The van der Waals surface area contributed by atoms with E-state index in [4.69, 9.17) is 0 Å². The Balaban J connectivity index is 0. The third-order valence-electron chi connectivity index (χ3n) is 1.61. The summed E-state index contributed by atoms with van der Waals surface area (Å²) >= 11 is 0. The molecule has 0 spiro atoms. The molecule has 0 saturated heterocycles. The van der Waals surface area contributed by atoms with Gasteiger partial charge in [-0.25, -0.2) is 0 Å². The van der Waals surface area contributed by atoms with E-state index in [0.717, 1.165) is 0 Å². The van der Waals surface area contributed by atoms with E-state index in [2.05, 4.69) is 32.0 Å². The minimum Gasteiger partial charge on any atom is -0.346 e. The summed E-state index contributed by atoms with van der Waals surface area (Å²) in [5, 5.41) is 0. The van der Waals surface area contributed by atoms with E-state index in [-0.39, 0.29) is 23.1 Å². The average molecular weight is 187 g/mol. The third-order valence-corrected chi connectivity index (χ3v) is 1.61. The van der Waals surface area contributed by atoms with Crippen molar-refractivity contribution in [2.45, 2.75) is 33.1 Å². The van der Waals surface area contributed by atoms with Crippen LogP contribution in [0, 0.1) is 13.0 Å². The Kier molecular flexibility index (Phi) is 14.3. The van der Waals surface area contributed by atoms with Crippen LogP contribution in [-0.4, -0.2) is 23.1 Å². The van der Waals surface area contributed by atoms with Crippen molar-refractivity contribution >= 4 is 23.1 Å². The zero-order valence-electron chi connectivity index (χ0n) is 8.84. The van der Waals surface area contributed by atoms with Crippen LogP contribution in [0.1, 0.15) is 32.3 Å². The second-order valence-corrected chi connectivity index (χ2v) is 2.51. The molecule has 0 bridgehead atoms. The van der Waals surface area contributed by atoms with E-state index >= 15 is 0 Å². The maximum absolute atomic E-state index is 3.25. The molecular formula is C12H18Mg. The van der Waals surface area contributed by atoms with Gasteiger partial charge < -0.3 is 6.92 Å². The van der Waals surface area contributed by atoms with Crippen molar-refractivity contribution in [1.29, 1.82) is 0 Å². The van der Waals surface area contributed by atoms with Crippen LogP contribution < -0.4 is 0 Å². The van der Waals surface area contributed by atoms with Crippen molar-refractivity contribution in [2.75, 3.05) is 0 Å². The monoisotopic (exact) mass is 186 g/mol. The van der Waals surface area contributed by atoms with Crippen molar-refractivity contribution in [3.63, 3.8) is 0 Å². The topological polar surface area (TPSA) is 0 Å². The molecule has 0 saturated carbocycles. The first kappa shape index (κ1) is 15.5. The zero-order chi connectivity index (χ0) is 9.23. The second kappa shape index (κ2) is 12.0. The predicted octanol–water partition coefficient (Wildman–Crippen LogP) is 3.29. The largest absolute Gasteiger partial charge is 2.00 e. The van der Waals surface area contributed by atoms with Gasteiger partial charge in [-0.15, -0.1) is 0 Å². The van der Waals surface area contributed by atoms with Crippen LogP contribution >= 0.6 is 0 Å². The molecule has 0 unspecified atom stereocenters. The van der Waals surface area contributed by atoms with Gasteiger partial charge in [-0.3, -0.25) is 0 Å². The molecule has 0 atom stereocenters. The number of aryl methyl sites for hydroxylation is 1. The number of hydrogen-bond acceptors (Lipinski definition) is 0. The Bertz CT molecular complexity index is 170. The van der Waals surface area contributed by atoms with E-state index < -0.39 is 0 Å². The fourth-order valence-corrected chi connectivity index (χ4v) is 0.969. The van der Waals surface area contributed by atoms with Gasteiger partial charge in [-0.1, -0.05) is 26.2 Å². The molecule has 0 amide bonds. The van der Waals surface area contributed by atoms with Crippen LogP contribution in [0.3, 0.4) is 0 Å². The first-order valence-corrected chi connectivity index (χ1v) is 4.59. The minimum absolute atomic E-state index is 0. The van der Waals surface area contributed by atoms with Crippen LogP contribution in [0.15, 0.2) is 24.3 Å². The standard InChI is InChI=1S/C10H13.C2H5.Mg/c1-2-3-7-10-8-5-4-6-9-10;1-2;/h5-6,8-9H,2-3,7H2,1H3;1H2,2H3;/q2*-1;+2. The van der Waals surface area contributed by atoms with Gasteiger partial charge in [0.2, 0.25) is 0 Å². The van der Waals surface area contributed by atoms with Crippen molar-refractivity contribution < 1.29 is 0 Å². The van der Waals surface area contributed by atoms with E-state index in [1.54, 1.807) is 6.92 Å². The van der Waals surface area contributed by atoms with Crippen LogP contribution in [0.4, 0.5) is 0 Å². The fourth-order valence-electron chi connectivity index (χ4n) is 0.969. The molecule has 0 aromatic heterocycles. The predicted molar refractivity (Wildman–Crippen MR) is 60.7 cm³/mol. The second-order valence-electron chi connectivity index (χ2n) is 2.51. The molecule has 1 aromatic carbocycles. The zero-order valence-corrected chi connectivity index (χ0v) is 10.3. The number of hydrogen-bond donors (Lipinski definition) is 0. The van der Waals surface area contributed by atoms with Crippen LogP contribution in [0.25, 0.3) is 0 Å². The maximum Gasteiger partial charge on any atom is 2.00 e. The Morgan fingerprint density at radius 3 is 2.23 bits per heavy atom. The van der Waals surface area contributed by atoms with Gasteiger partial charge in [0.25, 0.3) is 0 Å². The number of benzene rings is 1. The van der Waals surface area contributed by atoms with Crippen molar-refractivity contribution in [2.24, 2.45) is 0 Å². The summed E-state index contributed by atoms with van der Waals surface area (Å²) in [7, 11) is 0. The normalized spacial score (nSPS) is 7.92. The number of unbranched alkanes of at least 4 members (excludes halogenated alkanes) is 1. The Morgan fingerprint density at radius 1 is 1.23 bits per heavy atom. The Hall–Kier alpha value is -0.0138. The first-order chi connectivity index (χ1) is 5.93. The molecule has 0 heterocycles. The summed E-state index contributed by atoms with van der Waals surface area (Å²) in [6.45, 7) is 7.22. The summed E-state index contributed by atoms with van der Waals surface area (Å²) in [6, 6.07) is 11.2. The van der Waals surface area contributed by atoms with Gasteiger partial charge in [0.05, 0.1) is 0 Å². The van der Waals surface area contributed by atoms with Crippen molar-refractivity contribution in [1.82, 2.24) is 0 Å². The maximum atomic E-state index is 3.25. The van der Waals surface area contributed by atoms with Gasteiger partial charge in [0.15, 0.2) is 0 Å². The molecule has 0 aliphatic rings. The van der Waals surface area contributed by atoms with Gasteiger partial charge >= 0.3 is 23.1 Å². The van der Waals surface area contributed by atoms with E-state index in [1.165, 1.54) is 24.8 Å². The molecule has 0 fully saturated rings. The molecule has 1 heteroatoms. The van der Waals surface area contributed by atoms with E-state index in [0.29, 0.717) is 0 Å². The van der Waals surface area contributed by atoms with Crippen LogP contribution in [-0.2, 0) is 6.42 Å². The molecule has 0 aliphatic heterocycles. The Labute approximate surface area is 98.9 Å². The third kappa shape index (κ3) is 8.32. The van der Waals surface area contributed by atoms with Crippen molar-refractivity contribution in [3.05, 3.63) is 42.8 Å². The summed E-state index contributed by atoms with van der Waals surface area (Å²) in [6.07, 6.45) is 3.79.